The fourth-order valence-corrected chi connectivity index (χ4v) is 4.13. The molecule has 162 valence electrons. The van der Waals surface area contributed by atoms with E-state index in [-0.39, 0.29) is 11.9 Å². The fourth-order valence-electron chi connectivity index (χ4n) is 3.94. The molecule has 0 radical (unpaired) electrons. The molecule has 2 heterocycles. The predicted molar refractivity (Wildman–Crippen MR) is 130 cm³/mol. The predicted octanol–water partition coefficient (Wildman–Crippen LogP) is 5.76. The fraction of sp³-hybridized carbons (Fsp3) is 0.0741. The highest BCUT2D eigenvalue weighted by Crippen LogP contribution is 2.25. The standard InChI is InChI=1S/C27H21ClN4O/c28-22-13-7-12-21(17-22)25-14-15-29-26-23(18-30-32(25)26)27(33)31-24(20-10-5-2-6-11-20)16-19-8-3-1-4-9-19/h1-15,17-18,24H,16H2,(H,31,33)/t24-/m1/s1. The Morgan fingerprint density at radius 3 is 2.45 bits per heavy atom. The van der Waals surface area contributed by atoms with Gasteiger partial charge in [-0.05, 0) is 35.7 Å². The molecule has 1 atom stereocenters. The molecule has 0 fully saturated rings. The molecule has 0 aliphatic rings. The van der Waals surface area contributed by atoms with Crippen LogP contribution in [0.4, 0.5) is 0 Å². The van der Waals surface area contributed by atoms with Gasteiger partial charge in [0, 0.05) is 16.8 Å². The minimum absolute atomic E-state index is 0.188. The Balaban J connectivity index is 1.48. The second-order valence-corrected chi connectivity index (χ2v) is 8.20. The highest BCUT2D eigenvalue weighted by Gasteiger charge is 2.21. The highest BCUT2D eigenvalue weighted by molar-refractivity contribution is 6.30. The van der Waals surface area contributed by atoms with Crippen LogP contribution in [0.1, 0.15) is 27.5 Å². The molecule has 5 nitrogen and oxygen atoms in total. The molecule has 0 saturated carbocycles. The van der Waals surface area contributed by atoms with E-state index in [0.717, 1.165) is 22.4 Å². The minimum atomic E-state index is -0.217. The van der Waals surface area contributed by atoms with Crippen molar-refractivity contribution in [3.63, 3.8) is 0 Å². The second-order valence-electron chi connectivity index (χ2n) is 7.76. The van der Waals surface area contributed by atoms with Crippen molar-refractivity contribution in [1.82, 2.24) is 19.9 Å². The van der Waals surface area contributed by atoms with E-state index in [1.54, 1.807) is 16.9 Å². The maximum absolute atomic E-state index is 13.4. The summed E-state index contributed by atoms with van der Waals surface area (Å²) in [5.41, 5.74) is 4.82. The minimum Gasteiger partial charge on any atom is -0.345 e. The van der Waals surface area contributed by atoms with Crippen molar-refractivity contribution in [2.75, 3.05) is 0 Å². The summed E-state index contributed by atoms with van der Waals surface area (Å²) in [6.45, 7) is 0. The molecule has 0 aliphatic heterocycles. The Bertz CT molecular complexity index is 1400. The monoisotopic (exact) mass is 452 g/mol. The zero-order valence-electron chi connectivity index (χ0n) is 17.7. The third kappa shape index (κ3) is 4.49. The summed E-state index contributed by atoms with van der Waals surface area (Å²) in [6.07, 6.45) is 3.93. The lowest BCUT2D eigenvalue weighted by atomic mass is 9.98. The van der Waals surface area contributed by atoms with Crippen LogP contribution in [-0.2, 0) is 6.42 Å². The molecular formula is C27H21ClN4O. The Kier molecular flexibility index (Phi) is 5.87. The van der Waals surface area contributed by atoms with E-state index >= 15 is 0 Å². The van der Waals surface area contributed by atoms with Gasteiger partial charge in [-0.1, -0.05) is 84.4 Å². The molecule has 5 aromatic rings. The number of rotatable bonds is 6. The SMILES string of the molecule is O=C(N[C@H](Cc1ccccc1)c1ccccc1)c1cnn2c(-c3cccc(Cl)c3)ccnc12. The van der Waals surface area contributed by atoms with E-state index in [1.807, 2.05) is 78.9 Å². The first kappa shape index (κ1) is 20.9. The van der Waals surface area contributed by atoms with E-state index in [2.05, 4.69) is 27.5 Å². The van der Waals surface area contributed by atoms with E-state index in [1.165, 1.54) is 0 Å². The van der Waals surface area contributed by atoms with Crippen molar-refractivity contribution in [2.24, 2.45) is 0 Å². The van der Waals surface area contributed by atoms with Gasteiger partial charge in [0.15, 0.2) is 5.65 Å². The summed E-state index contributed by atoms with van der Waals surface area (Å²) in [7, 11) is 0. The summed E-state index contributed by atoms with van der Waals surface area (Å²) < 4.78 is 1.68. The largest absolute Gasteiger partial charge is 0.345 e. The number of amides is 1. The first-order chi connectivity index (χ1) is 16.2. The van der Waals surface area contributed by atoms with Crippen molar-refractivity contribution in [3.05, 3.63) is 125 Å². The van der Waals surface area contributed by atoms with Crippen LogP contribution >= 0.6 is 11.6 Å². The van der Waals surface area contributed by atoms with E-state index < -0.39 is 0 Å². The van der Waals surface area contributed by atoms with Crippen LogP contribution in [0, 0.1) is 0 Å². The number of nitrogens with one attached hydrogen (secondary N) is 1. The first-order valence-corrected chi connectivity index (χ1v) is 11.1. The van der Waals surface area contributed by atoms with Gasteiger partial charge in [0.1, 0.15) is 5.56 Å². The summed E-state index contributed by atoms with van der Waals surface area (Å²) >= 11 is 6.17. The summed E-state index contributed by atoms with van der Waals surface area (Å²) in [5.74, 6) is -0.217. The van der Waals surface area contributed by atoms with Gasteiger partial charge in [-0.2, -0.15) is 5.10 Å². The Hall–Kier alpha value is -3.96. The third-order valence-electron chi connectivity index (χ3n) is 5.56. The molecule has 1 N–H and O–H groups in total. The van der Waals surface area contributed by atoms with Crippen LogP contribution in [-0.4, -0.2) is 20.5 Å². The maximum atomic E-state index is 13.4. The number of hydrogen-bond acceptors (Lipinski definition) is 3. The zero-order valence-corrected chi connectivity index (χ0v) is 18.5. The van der Waals surface area contributed by atoms with Crippen LogP contribution < -0.4 is 5.32 Å². The van der Waals surface area contributed by atoms with Gasteiger partial charge < -0.3 is 5.32 Å². The van der Waals surface area contributed by atoms with Gasteiger partial charge >= 0.3 is 0 Å². The van der Waals surface area contributed by atoms with Crippen LogP contribution in [0.5, 0.6) is 0 Å². The van der Waals surface area contributed by atoms with Gasteiger partial charge in [-0.25, -0.2) is 9.50 Å². The topological polar surface area (TPSA) is 59.3 Å². The number of nitrogens with zero attached hydrogens (tertiary/aromatic N) is 3. The van der Waals surface area contributed by atoms with Crippen molar-refractivity contribution < 1.29 is 4.79 Å². The van der Waals surface area contributed by atoms with Crippen LogP contribution in [0.25, 0.3) is 16.9 Å². The van der Waals surface area contributed by atoms with Crippen molar-refractivity contribution in [2.45, 2.75) is 12.5 Å². The molecule has 3 aromatic carbocycles. The summed E-state index contributed by atoms with van der Waals surface area (Å²) in [5, 5.41) is 8.28. The molecule has 0 aliphatic carbocycles. The van der Waals surface area contributed by atoms with Gasteiger partial charge in [-0.15, -0.1) is 0 Å². The van der Waals surface area contributed by atoms with Gasteiger partial charge in [0.2, 0.25) is 0 Å². The number of aromatic nitrogens is 3. The molecular weight excluding hydrogens is 432 g/mol. The average Bonchev–Trinajstić information content (AvgIpc) is 3.29. The number of fused-ring (bicyclic) bond motifs is 1. The van der Waals surface area contributed by atoms with E-state index in [0.29, 0.717) is 22.7 Å². The molecule has 0 unspecified atom stereocenters. The quantitative estimate of drug-likeness (QED) is 0.356. The van der Waals surface area contributed by atoms with Gasteiger partial charge in [0.25, 0.3) is 5.91 Å². The lowest BCUT2D eigenvalue weighted by molar-refractivity contribution is 0.0938. The lowest BCUT2D eigenvalue weighted by Gasteiger charge is -2.19. The van der Waals surface area contributed by atoms with Crippen molar-refractivity contribution >= 4 is 23.2 Å². The Labute approximate surface area is 196 Å². The number of halogens is 1. The number of carbonyl (C=O) groups is 1. The highest BCUT2D eigenvalue weighted by atomic mass is 35.5. The van der Waals surface area contributed by atoms with Crippen molar-refractivity contribution in [1.29, 1.82) is 0 Å². The average molecular weight is 453 g/mol. The maximum Gasteiger partial charge on any atom is 0.257 e. The smallest absolute Gasteiger partial charge is 0.257 e. The number of carbonyl (C=O) groups excluding carboxylic acids is 1. The normalized spacial score (nSPS) is 11.9. The molecule has 2 aromatic heterocycles. The molecule has 6 heteroatoms. The Morgan fingerprint density at radius 1 is 0.939 bits per heavy atom. The zero-order chi connectivity index (χ0) is 22.6. The first-order valence-electron chi connectivity index (χ1n) is 10.7. The van der Waals surface area contributed by atoms with E-state index in [4.69, 9.17) is 11.6 Å². The van der Waals surface area contributed by atoms with Crippen LogP contribution in [0.3, 0.4) is 0 Å². The number of benzene rings is 3. The van der Waals surface area contributed by atoms with Crippen LogP contribution in [0.15, 0.2) is 103 Å². The molecule has 0 bridgehead atoms. The lowest BCUT2D eigenvalue weighted by Crippen LogP contribution is -2.30. The molecule has 1 amide bonds. The van der Waals surface area contributed by atoms with Crippen molar-refractivity contribution in [3.8, 4) is 11.3 Å². The van der Waals surface area contributed by atoms with Gasteiger partial charge in [-0.3, -0.25) is 4.79 Å². The summed E-state index contributed by atoms with van der Waals surface area (Å²) in [6, 6.07) is 29.3. The molecule has 5 rings (SSSR count). The Morgan fingerprint density at radius 2 is 1.70 bits per heavy atom. The van der Waals surface area contributed by atoms with Crippen LogP contribution in [0.2, 0.25) is 5.02 Å². The molecule has 33 heavy (non-hydrogen) atoms. The van der Waals surface area contributed by atoms with E-state index in [9.17, 15) is 4.79 Å². The molecule has 0 saturated heterocycles. The van der Waals surface area contributed by atoms with Gasteiger partial charge in [0.05, 0.1) is 17.9 Å². The molecule has 0 spiro atoms. The second kappa shape index (κ2) is 9.27. The summed E-state index contributed by atoms with van der Waals surface area (Å²) in [4.78, 5) is 17.8. The third-order valence-corrected chi connectivity index (χ3v) is 5.79. The number of hydrogen-bond donors (Lipinski definition) is 1.